The fourth-order valence-corrected chi connectivity index (χ4v) is 3.23. The van der Waals surface area contributed by atoms with Gasteiger partial charge in [-0.15, -0.1) is 11.3 Å². The molecule has 0 bridgehead atoms. The first kappa shape index (κ1) is 13.6. The normalized spacial score (nSPS) is 11.0. The number of nitro groups is 1. The first-order chi connectivity index (χ1) is 11.3. The van der Waals surface area contributed by atoms with E-state index in [4.69, 9.17) is 0 Å². The Morgan fingerprint density at radius 3 is 2.65 bits per heavy atom. The largest absolute Gasteiger partial charge is 0.277 e. The number of nitro benzene ring substituents is 1. The van der Waals surface area contributed by atoms with Gasteiger partial charge in [-0.1, -0.05) is 24.3 Å². The fourth-order valence-electron chi connectivity index (χ4n) is 2.60. The Morgan fingerprint density at radius 1 is 1.04 bits per heavy atom. The molecule has 0 aliphatic rings. The molecular formula is C16H10N4O2S. The highest BCUT2D eigenvalue weighted by molar-refractivity contribution is 7.12. The van der Waals surface area contributed by atoms with Crippen LogP contribution in [0.25, 0.3) is 27.3 Å². The van der Waals surface area contributed by atoms with Gasteiger partial charge in [-0.3, -0.25) is 14.7 Å². The van der Waals surface area contributed by atoms with E-state index in [1.54, 1.807) is 30.7 Å². The van der Waals surface area contributed by atoms with Crippen molar-refractivity contribution in [1.29, 1.82) is 0 Å². The Hall–Kier alpha value is -3.06. The molecule has 0 aliphatic heterocycles. The molecule has 0 N–H and O–H groups in total. The molecule has 0 saturated carbocycles. The number of imidazole rings is 1. The lowest BCUT2D eigenvalue weighted by atomic mass is 10.0. The number of thiazole rings is 1. The van der Waals surface area contributed by atoms with Crippen LogP contribution in [0.5, 0.6) is 0 Å². The smallest absolute Gasteiger partial charge is 0.274 e. The third kappa shape index (κ3) is 2.18. The zero-order valence-corrected chi connectivity index (χ0v) is 12.6. The topological polar surface area (TPSA) is 73.8 Å². The van der Waals surface area contributed by atoms with Gasteiger partial charge in [0.25, 0.3) is 5.69 Å². The second-order valence-corrected chi connectivity index (χ2v) is 5.75. The molecule has 0 radical (unpaired) electrons. The van der Waals surface area contributed by atoms with Gasteiger partial charge < -0.3 is 0 Å². The van der Waals surface area contributed by atoms with Gasteiger partial charge in [0.2, 0.25) is 0 Å². The van der Waals surface area contributed by atoms with Crippen LogP contribution in [0.15, 0.2) is 60.4 Å². The average Bonchev–Trinajstić information content (AvgIpc) is 3.23. The van der Waals surface area contributed by atoms with Gasteiger partial charge in [0.15, 0.2) is 5.13 Å². The van der Waals surface area contributed by atoms with Crippen LogP contribution in [0.4, 0.5) is 5.69 Å². The van der Waals surface area contributed by atoms with Crippen LogP contribution in [0.1, 0.15) is 0 Å². The van der Waals surface area contributed by atoms with Crippen LogP contribution in [0.3, 0.4) is 0 Å². The van der Waals surface area contributed by atoms with Crippen LogP contribution < -0.4 is 0 Å². The number of rotatable bonds is 3. The van der Waals surface area contributed by atoms with E-state index in [1.165, 1.54) is 17.4 Å². The molecular weight excluding hydrogens is 312 g/mol. The third-order valence-electron chi connectivity index (χ3n) is 3.59. The summed E-state index contributed by atoms with van der Waals surface area (Å²) in [6.07, 6.45) is 3.43. The molecule has 0 aliphatic carbocycles. The molecule has 0 spiro atoms. The molecule has 4 rings (SSSR count). The van der Waals surface area contributed by atoms with Crippen molar-refractivity contribution in [3.05, 3.63) is 70.5 Å². The summed E-state index contributed by atoms with van der Waals surface area (Å²) < 4.78 is 1.89. The van der Waals surface area contributed by atoms with Crippen molar-refractivity contribution in [2.75, 3.05) is 0 Å². The van der Waals surface area contributed by atoms with Crippen molar-refractivity contribution < 1.29 is 4.92 Å². The molecule has 0 amide bonds. The van der Waals surface area contributed by atoms with E-state index in [0.29, 0.717) is 5.56 Å². The highest BCUT2D eigenvalue weighted by Crippen LogP contribution is 2.34. The SMILES string of the molecule is O=[N+]([O-])c1ccccc1-c1cccc2c1ncn2-c1nccs1. The zero-order chi connectivity index (χ0) is 15.8. The molecule has 0 fully saturated rings. The number of hydrogen-bond donors (Lipinski definition) is 0. The number of nitrogens with zero attached hydrogens (tertiary/aromatic N) is 4. The van der Waals surface area contributed by atoms with E-state index in [2.05, 4.69) is 9.97 Å². The summed E-state index contributed by atoms with van der Waals surface area (Å²) in [6.45, 7) is 0. The van der Waals surface area contributed by atoms with Gasteiger partial charge in [0.1, 0.15) is 6.33 Å². The molecule has 23 heavy (non-hydrogen) atoms. The lowest BCUT2D eigenvalue weighted by molar-refractivity contribution is -0.384. The first-order valence-corrected chi connectivity index (χ1v) is 7.73. The van der Waals surface area contributed by atoms with Gasteiger partial charge in [0.05, 0.1) is 21.5 Å². The van der Waals surface area contributed by atoms with Gasteiger partial charge in [-0.25, -0.2) is 9.97 Å². The minimum Gasteiger partial charge on any atom is -0.274 e. The van der Waals surface area contributed by atoms with Crippen LogP contribution in [-0.4, -0.2) is 19.5 Å². The second kappa shape index (κ2) is 5.29. The van der Waals surface area contributed by atoms with Crippen molar-refractivity contribution in [3.8, 4) is 16.3 Å². The summed E-state index contributed by atoms with van der Waals surface area (Å²) in [5, 5.41) is 14.0. The highest BCUT2D eigenvalue weighted by atomic mass is 32.1. The standard InChI is InChI=1S/C16H10N4O2S/c21-20(22)13-6-2-1-4-11(13)12-5-3-7-14-15(12)18-10-19(14)16-17-8-9-23-16/h1-10H. The van der Waals surface area contributed by atoms with E-state index in [0.717, 1.165) is 21.7 Å². The molecule has 2 heterocycles. The number of fused-ring (bicyclic) bond motifs is 1. The predicted molar refractivity (Wildman–Crippen MR) is 88.8 cm³/mol. The molecule has 2 aromatic carbocycles. The van der Waals surface area contributed by atoms with E-state index < -0.39 is 0 Å². The number of benzene rings is 2. The second-order valence-electron chi connectivity index (χ2n) is 4.88. The molecule has 0 atom stereocenters. The predicted octanol–water partition coefficient (Wildman–Crippen LogP) is 4.06. The van der Waals surface area contributed by atoms with Gasteiger partial charge >= 0.3 is 0 Å². The summed E-state index contributed by atoms with van der Waals surface area (Å²) >= 11 is 1.51. The van der Waals surface area contributed by atoms with Gasteiger partial charge in [-0.05, 0) is 12.1 Å². The highest BCUT2D eigenvalue weighted by Gasteiger charge is 2.18. The third-order valence-corrected chi connectivity index (χ3v) is 4.36. The van der Waals surface area contributed by atoms with Crippen molar-refractivity contribution in [2.45, 2.75) is 0 Å². The fraction of sp³-hybridized carbons (Fsp3) is 0. The van der Waals surface area contributed by atoms with Crippen molar-refractivity contribution >= 4 is 28.1 Å². The maximum absolute atomic E-state index is 11.3. The van der Waals surface area contributed by atoms with Crippen LogP contribution in [-0.2, 0) is 0 Å². The van der Waals surface area contributed by atoms with Crippen LogP contribution >= 0.6 is 11.3 Å². The first-order valence-electron chi connectivity index (χ1n) is 6.85. The maximum Gasteiger partial charge on any atom is 0.277 e. The molecule has 2 aromatic heterocycles. The Kier molecular flexibility index (Phi) is 3.13. The molecule has 7 heteroatoms. The molecule has 112 valence electrons. The van der Waals surface area contributed by atoms with Crippen LogP contribution in [0.2, 0.25) is 0 Å². The number of aromatic nitrogens is 3. The lowest BCUT2D eigenvalue weighted by Gasteiger charge is -2.05. The number of para-hydroxylation sites is 2. The summed E-state index contributed by atoms with van der Waals surface area (Å²) in [7, 11) is 0. The quantitative estimate of drug-likeness (QED) is 0.421. The van der Waals surface area contributed by atoms with E-state index >= 15 is 0 Å². The number of hydrogen-bond acceptors (Lipinski definition) is 5. The Bertz CT molecular complexity index is 1010. The monoisotopic (exact) mass is 322 g/mol. The minimum absolute atomic E-state index is 0.0730. The lowest BCUT2D eigenvalue weighted by Crippen LogP contribution is -1.93. The van der Waals surface area contributed by atoms with E-state index in [9.17, 15) is 10.1 Å². The Balaban J connectivity index is 1.98. The summed E-state index contributed by atoms with van der Waals surface area (Å²) in [5.74, 6) is 0. The van der Waals surface area contributed by atoms with Crippen molar-refractivity contribution in [2.24, 2.45) is 0 Å². The van der Waals surface area contributed by atoms with Gasteiger partial charge in [0, 0.05) is 23.2 Å². The molecule has 0 saturated heterocycles. The van der Waals surface area contributed by atoms with E-state index in [-0.39, 0.29) is 10.6 Å². The molecule has 4 aromatic rings. The van der Waals surface area contributed by atoms with Crippen LogP contribution in [0, 0.1) is 10.1 Å². The summed E-state index contributed by atoms with van der Waals surface area (Å²) in [6, 6.07) is 12.4. The summed E-state index contributed by atoms with van der Waals surface area (Å²) in [5.41, 5.74) is 2.97. The van der Waals surface area contributed by atoms with E-state index in [1.807, 2.05) is 28.1 Å². The zero-order valence-electron chi connectivity index (χ0n) is 11.8. The molecule has 0 unspecified atom stereocenters. The van der Waals surface area contributed by atoms with Crippen molar-refractivity contribution in [1.82, 2.24) is 14.5 Å². The Labute approximate surface area is 134 Å². The molecule has 6 nitrogen and oxygen atoms in total. The van der Waals surface area contributed by atoms with Gasteiger partial charge in [-0.2, -0.15) is 0 Å². The Morgan fingerprint density at radius 2 is 1.87 bits per heavy atom. The maximum atomic E-state index is 11.3. The van der Waals surface area contributed by atoms with Crippen molar-refractivity contribution in [3.63, 3.8) is 0 Å². The minimum atomic E-state index is -0.369. The average molecular weight is 322 g/mol. The summed E-state index contributed by atoms with van der Waals surface area (Å²) in [4.78, 5) is 19.7.